The van der Waals surface area contributed by atoms with Gasteiger partial charge in [0.25, 0.3) is 5.91 Å². The molecule has 1 amide bonds. The number of furan rings is 1. The SMILES string of the molecule is COCc1c(C(=O)NCc2ccc(CN3CC(C)OC(C)C3)cc2)oc2ccccc12. The molecular formula is C25H30N2O4. The molecule has 0 radical (unpaired) electrons. The van der Waals surface area contributed by atoms with E-state index in [1.165, 1.54) is 5.56 Å². The number of nitrogens with one attached hydrogen (secondary N) is 1. The maximum absolute atomic E-state index is 12.8. The Morgan fingerprint density at radius 2 is 1.74 bits per heavy atom. The molecule has 31 heavy (non-hydrogen) atoms. The molecule has 0 aliphatic carbocycles. The fourth-order valence-electron chi connectivity index (χ4n) is 4.27. The van der Waals surface area contributed by atoms with E-state index in [1.54, 1.807) is 7.11 Å². The van der Waals surface area contributed by atoms with Crippen molar-refractivity contribution in [2.45, 2.75) is 45.8 Å². The first kappa shape index (κ1) is 21.6. The van der Waals surface area contributed by atoms with Gasteiger partial charge in [0.05, 0.1) is 18.8 Å². The normalized spacial score (nSPS) is 19.6. The Kier molecular flexibility index (Phi) is 6.70. The monoisotopic (exact) mass is 422 g/mol. The molecule has 2 atom stereocenters. The van der Waals surface area contributed by atoms with Crippen LogP contribution in [0.4, 0.5) is 0 Å². The highest BCUT2D eigenvalue weighted by Gasteiger charge is 2.22. The summed E-state index contributed by atoms with van der Waals surface area (Å²) < 4.78 is 16.9. The van der Waals surface area contributed by atoms with Crippen molar-refractivity contribution >= 4 is 16.9 Å². The van der Waals surface area contributed by atoms with Crippen LogP contribution in [0.3, 0.4) is 0 Å². The molecule has 6 nitrogen and oxygen atoms in total. The molecule has 0 saturated carbocycles. The minimum Gasteiger partial charge on any atom is -0.451 e. The number of carbonyl (C=O) groups is 1. The largest absolute Gasteiger partial charge is 0.451 e. The summed E-state index contributed by atoms with van der Waals surface area (Å²) in [7, 11) is 1.61. The standard InChI is InChI=1S/C25H30N2O4/c1-17-13-27(14-18(2)30-17)15-20-10-8-19(9-11-20)12-26-25(28)24-22(16-29-3)21-6-4-5-7-23(21)31-24/h4-11,17-18H,12-16H2,1-3H3,(H,26,28). The third kappa shape index (κ3) is 5.15. The summed E-state index contributed by atoms with van der Waals surface area (Å²) in [5, 5.41) is 3.88. The van der Waals surface area contributed by atoms with Gasteiger partial charge in [-0.3, -0.25) is 9.69 Å². The van der Waals surface area contributed by atoms with Gasteiger partial charge in [0.2, 0.25) is 0 Å². The Bertz CT molecular complexity index is 1020. The lowest BCUT2D eigenvalue weighted by Crippen LogP contribution is -2.44. The summed E-state index contributed by atoms with van der Waals surface area (Å²) in [6, 6.07) is 16.0. The van der Waals surface area contributed by atoms with Crippen molar-refractivity contribution in [1.82, 2.24) is 10.2 Å². The van der Waals surface area contributed by atoms with Crippen LogP contribution < -0.4 is 5.32 Å². The third-order valence-corrected chi connectivity index (χ3v) is 5.57. The fraction of sp³-hybridized carbons (Fsp3) is 0.400. The molecule has 2 aromatic carbocycles. The van der Waals surface area contributed by atoms with Crippen LogP contribution in [0.1, 0.15) is 41.1 Å². The second kappa shape index (κ2) is 9.64. The Hall–Kier alpha value is -2.67. The van der Waals surface area contributed by atoms with E-state index >= 15 is 0 Å². The summed E-state index contributed by atoms with van der Waals surface area (Å²) >= 11 is 0. The Morgan fingerprint density at radius 1 is 1.06 bits per heavy atom. The maximum atomic E-state index is 12.8. The van der Waals surface area contributed by atoms with Gasteiger partial charge in [-0.25, -0.2) is 0 Å². The molecule has 1 aliphatic heterocycles. The highest BCUT2D eigenvalue weighted by Crippen LogP contribution is 2.26. The van der Waals surface area contributed by atoms with Crippen molar-refractivity contribution in [2.24, 2.45) is 0 Å². The number of nitrogens with zero attached hydrogens (tertiary/aromatic N) is 1. The first-order chi connectivity index (χ1) is 15.0. The summed E-state index contributed by atoms with van der Waals surface area (Å²) in [5.74, 6) is 0.0823. The van der Waals surface area contributed by atoms with Gasteiger partial charge >= 0.3 is 0 Å². The molecule has 1 fully saturated rings. The van der Waals surface area contributed by atoms with Gasteiger partial charge < -0.3 is 19.2 Å². The van der Waals surface area contributed by atoms with Crippen molar-refractivity contribution in [3.63, 3.8) is 0 Å². The summed E-state index contributed by atoms with van der Waals surface area (Å²) in [6.07, 6.45) is 0.527. The molecule has 1 aromatic heterocycles. The number of fused-ring (bicyclic) bond motifs is 1. The maximum Gasteiger partial charge on any atom is 0.287 e. The summed E-state index contributed by atoms with van der Waals surface area (Å²) in [4.78, 5) is 15.2. The molecule has 164 valence electrons. The van der Waals surface area contributed by atoms with Gasteiger partial charge in [0.15, 0.2) is 5.76 Å². The fourth-order valence-corrected chi connectivity index (χ4v) is 4.27. The number of benzene rings is 2. The molecule has 2 heterocycles. The predicted octanol–water partition coefficient (Wildman–Crippen LogP) is 4.12. The molecule has 0 spiro atoms. The smallest absolute Gasteiger partial charge is 0.287 e. The zero-order chi connectivity index (χ0) is 21.8. The van der Waals surface area contributed by atoms with Crippen molar-refractivity contribution in [2.75, 3.05) is 20.2 Å². The first-order valence-corrected chi connectivity index (χ1v) is 10.8. The third-order valence-electron chi connectivity index (χ3n) is 5.57. The molecule has 1 N–H and O–H groups in total. The number of amides is 1. The summed E-state index contributed by atoms with van der Waals surface area (Å²) in [6.45, 7) is 7.81. The number of ether oxygens (including phenoxy) is 2. The van der Waals surface area contributed by atoms with Gasteiger partial charge in [-0.1, -0.05) is 42.5 Å². The lowest BCUT2D eigenvalue weighted by Gasteiger charge is -2.35. The second-order valence-corrected chi connectivity index (χ2v) is 8.29. The van der Waals surface area contributed by atoms with E-state index < -0.39 is 0 Å². The van der Waals surface area contributed by atoms with E-state index in [1.807, 2.05) is 24.3 Å². The van der Waals surface area contributed by atoms with E-state index in [2.05, 4.69) is 48.3 Å². The number of hydrogen-bond donors (Lipinski definition) is 1. The number of rotatable bonds is 7. The molecule has 6 heteroatoms. The number of morpholine rings is 1. The Balaban J connectivity index is 1.38. The van der Waals surface area contributed by atoms with Crippen LogP contribution in [0.2, 0.25) is 0 Å². The molecule has 2 unspecified atom stereocenters. The van der Waals surface area contributed by atoms with E-state index in [0.717, 1.165) is 36.1 Å². The van der Waals surface area contributed by atoms with Crippen LogP contribution in [0.15, 0.2) is 52.9 Å². The lowest BCUT2D eigenvalue weighted by molar-refractivity contribution is -0.0704. The number of methoxy groups -OCH3 is 1. The van der Waals surface area contributed by atoms with Crippen molar-refractivity contribution in [3.8, 4) is 0 Å². The average Bonchev–Trinajstić information content (AvgIpc) is 3.11. The lowest BCUT2D eigenvalue weighted by atomic mass is 10.1. The molecule has 0 bridgehead atoms. The van der Waals surface area contributed by atoms with E-state index in [0.29, 0.717) is 24.5 Å². The zero-order valence-corrected chi connectivity index (χ0v) is 18.4. The van der Waals surface area contributed by atoms with Crippen LogP contribution in [0, 0.1) is 0 Å². The summed E-state index contributed by atoms with van der Waals surface area (Å²) in [5.41, 5.74) is 3.77. The first-order valence-electron chi connectivity index (χ1n) is 10.8. The second-order valence-electron chi connectivity index (χ2n) is 8.29. The number of hydrogen-bond acceptors (Lipinski definition) is 5. The van der Waals surface area contributed by atoms with Crippen molar-refractivity contribution < 1.29 is 18.7 Å². The zero-order valence-electron chi connectivity index (χ0n) is 18.4. The predicted molar refractivity (Wildman–Crippen MR) is 120 cm³/mol. The van der Waals surface area contributed by atoms with Gasteiger partial charge in [-0.05, 0) is 31.0 Å². The molecular weight excluding hydrogens is 392 g/mol. The minimum atomic E-state index is -0.233. The van der Waals surface area contributed by atoms with Crippen molar-refractivity contribution in [3.05, 3.63) is 71.0 Å². The van der Waals surface area contributed by atoms with E-state index in [4.69, 9.17) is 13.9 Å². The Labute approximate surface area is 183 Å². The van der Waals surface area contributed by atoms with E-state index in [-0.39, 0.29) is 18.1 Å². The average molecular weight is 423 g/mol. The van der Waals surface area contributed by atoms with Crippen molar-refractivity contribution in [1.29, 1.82) is 0 Å². The Morgan fingerprint density at radius 3 is 2.45 bits per heavy atom. The number of carbonyl (C=O) groups excluding carboxylic acids is 1. The molecule has 1 aliphatic rings. The van der Waals surface area contributed by atoms with Crippen LogP contribution in [0.25, 0.3) is 11.0 Å². The highest BCUT2D eigenvalue weighted by atomic mass is 16.5. The van der Waals surface area contributed by atoms with Gasteiger partial charge in [-0.15, -0.1) is 0 Å². The van der Waals surface area contributed by atoms with Crippen LogP contribution >= 0.6 is 0 Å². The topological polar surface area (TPSA) is 63.9 Å². The molecule has 1 saturated heterocycles. The van der Waals surface area contributed by atoms with Crippen LogP contribution in [-0.2, 0) is 29.2 Å². The van der Waals surface area contributed by atoms with Gasteiger partial charge in [-0.2, -0.15) is 0 Å². The highest BCUT2D eigenvalue weighted by molar-refractivity contribution is 5.99. The van der Waals surface area contributed by atoms with E-state index in [9.17, 15) is 4.79 Å². The molecule has 3 aromatic rings. The van der Waals surface area contributed by atoms with Gasteiger partial charge in [0, 0.05) is 44.2 Å². The van der Waals surface area contributed by atoms with Crippen LogP contribution in [0.5, 0.6) is 0 Å². The molecule has 4 rings (SSSR count). The van der Waals surface area contributed by atoms with Gasteiger partial charge in [0.1, 0.15) is 5.58 Å². The van der Waals surface area contributed by atoms with Crippen LogP contribution in [-0.4, -0.2) is 43.2 Å². The number of para-hydroxylation sites is 1. The minimum absolute atomic E-state index is 0.233. The quantitative estimate of drug-likeness (QED) is 0.621.